The molecule has 3 rings (SSSR count). The van der Waals surface area contributed by atoms with E-state index in [9.17, 15) is 23.2 Å². The van der Waals surface area contributed by atoms with Crippen LogP contribution in [0.15, 0.2) is 59.5 Å². The van der Waals surface area contributed by atoms with Crippen molar-refractivity contribution in [2.75, 3.05) is 13.7 Å². The molecule has 10 heteroatoms. The number of nitrogens with one attached hydrogen (secondary N) is 1. The number of benzene rings is 2. The van der Waals surface area contributed by atoms with Gasteiger partial charge in [0.2, 0.25) is 0 Å². The van der Waals surface area contributed by atoms with Crippen LogP contribution in [-0.2, 0) is 21.4 Å². The molecule has 0 aromatic heterocycles. The second-order valence-corrected chi connectivity index (χ2v) is 9.78. The van der Waals surface area contributed by atoms with Gasteiger partial charge in [0.05, 0.1) is 12.0 Å². The molecule has 2 aromatic carbocycles. The lowest BCUT2D eigenvalue weighted by molar-refractivity contribution is -0.138. The summed E-state index contributed by atoms with van der Waals surface area (Å²) in [6, 6.07) is 12.4. The average molecular weight is 448 g/mol. The van der Waals surface area contributed by atoms with Crippen LogP contribution in [0.25, 0.3) is 0 Å². The van der Waals surface area contributed by atoms with Crippen molar-refractivity contribution in [2.24, 2.45) is 5.41 Å². The number of nitrogens with zero attached hydrogens (tertiary/aromatic N) is 2. The topological polar surface area (TPSA) is 116 Å². The number of hydrogen-bond acceptors (Lipinski definition) is 6. The molecule has 3 amide bonds. The highest BCUT2D eigenvalue weighted by Gasteiger charge is 2.53. The van der Waals surface area contributed by atoms with Gasteiger partial charge in [-0.3, -0.25) is 10.0 Å². The Kier molecular flexibility index (Phi) is 6.23. The van der Waals surface area contributed by atoms with Gasteiger partial charge in [0.1, 0.15) is 11.8 Å². The van der Waals surface area contributed by atoms with Crippen molar-refractivity contribution in [2.45, 2.75) is 31.3 Å². The molecule has 166 valence electrons. The summed E-state index contributed by atoms with van der Waals surface area (Å²) in [6.07, 6.45) is 0. The smallest absolute Gasteiger partial charge is 0.335 e. The third kappa shape index (κ3) is 4.35. The zero-order valence-electron chi connectivity index (χ0n) is 17.5. The molecule has 9 nitrogen and oxygen atoms in total. The minimum absolute atomic E-state index is 0.118. The summed E-state index contributed by atoms with van der Waals surface area (Å²) in [5.74, 6) is -0.533. The zero-order valence-corrected chi connectivity index (χ0v) is 18.3. The number of ether oxygens (including phenoxy) is 1. The number of rotatable bonds is 6. The molecular formula is C21H25N3O6S. The third-order valence-corrected chi connectivity index (χ3v) is 6.98. The summed E-state index contributed by atoms with van der Waals surface area (Å²) in [6.45, 7) is 3.64. The number of sulfonamides is 1. The molecule has 0 radical (unpaired) electrons. The molecule has 1 saturated heterocycles. The molecule has 0 saturated carbocycles. The summed E-state index contributed by atoms with van der Waals surface area (Å²) in [4.78, 5) is 27.1. The van der Waals surface area contributed by atoms with Crippen LogP contribution < -0.4 is 10.2 Å². The predicted molar refractivity (Wildman–Crippen MR) is 112 cm³/mol. The fourth-order valence-corrected chi connectivity index (χ4v) is 5.45. The van der Waals surface area contributed by atoms with Gasteiger partial charge in [-0.1, -0.05) is 44.2 Å². The van der Waals surface area contributed by atoms with E-state index in [1.165, 1.54) is 41.8 Å². The predicted octanol–water partition coefficient (Wildman–Crippen LogP) is 2.22. The van der Waals surface area contributed by atoms with E-state index in [0.717, 1.165) is 5.56 Å². The Bertz CT molecular complexity index is 1050. The lowest BCUT2D eigenvalue weighted by atomic mass is 9.81. The van der Waals surface area contributed by atoms with Gasteiger partial charge in [-0.2, -0.15) is 0 Å². The zero-order chi connectivity index (χ0) is 22.8. The quantitative estimate of drug-likeness (QED) is 0.518. The molecule has 1 unspecified atom stereocenters. The van der Waals surface area contributed by atoms with Gasteiger partial charge < -0.3 is 9.64 Å². The number of methoxy groups -OCH3 is 1. The number of amides is 3. The highest BCUT2D eigenvalue weighted by Crippen LogP contribution is 2.37. The summed E-state index contributed by atoms with van der Waals surface area (Å²) >= 11 is 0. The molecule has 2 aromatic rings. The molecule has 31 heavy (non-hydrogen) atoms. The monoisotopic (exact) mass is 447 g/mol. The number of carbonyl (C=O) groups is 2. The van der Waals surface area contributed by atoms with Crippen molar-refractivity contribution in [1.29, 1.82) is 0 Å². The molecule has 2 N–H and O–H groups in total. The van der Waals surface area contributed by atoms with Crippen molar-refractivity contribution in [3.8, 4) is 5.75 Å². The second-order valence-electron chi connectivity index (χ2n) is 7.97. The van der Waals surface area contributed by atoms with Crippen molar-refractivity contribution in [3.05, 3.63) is 60.2 Å². The van der Waals surface area contributed by atoms with E-state index in [0.29, 0.717) is 10.1 Å². The van der Waals surface area contributed by atoms with Gasteiger partial charge in [0, 0.05) is 18.5 Å². The Balaban J connectivity index is 2.08. The van der Waals surface area contributed by atoms with Gasteiger partial charge >= 0.3 is 6.03 Å². The molecule has 1 aliphatic heterocycles. The van der Waals surface area contributed by atoms with E-state index >= 15 is 0 Å². The Morgan fingerprint density at radius 2 is 1.77 bits per heavy atom. The van der Waals surface area contributed by atoms with E-state index in [2.05, 4.69) is 0 Å². The first kappa shape index (κ1) is 22.6. The largest absolute Gasteiger partial charge is 0.497 e. The maximum absolute atomic E-state index is 13.5. The SMILES string of the molecule is COc1ccc(S(=O)(=O)N2C(=O)N(Cc3ccccc3)CC(C)(C)C2C(=O)NO)cc1. The number of hydroxylamine groups is 1. The molecule has 1 atom stereocenters. The van der Waals surface area contributed by atoms with Gasteiger partial charge in [-0.25, -0.2) is 23.0 Å². The Labute approximate surface area is 181 Å². The number of urea groups is 1. The van der Waals surface area contributed by atoms with E-state index < -0.39 is 33.4 Å². The minimum Gasteiger partial charge on any atom is -0.497 e. The summed E-state index contributed by atoms with van der Waals surface area (Å²) < 4.78 is 32.6. The van der Waals surface area contributed by atoms with Gasteiger partial charge in [-0.15, -0.1) is 0 Å². The molecule has 1 aliphatic rings. The number of hydrogen-bond donors (Lipinski definition) is 2. The molecule has 0 bridgehead atoms. The maximum atomic E-state index is 13.5. The lowest BCUT2D eigenvalue weighted by Crippen LogP contribution is -2.67. The normalized spacial score (nSPS) is 18.6. The van der Waals surface area contributed by atoms with E-state index in [1.54, 1.807) is 13.8 Å². The van der Waals surface area contributed by atoms with Crippen LogP contribution in [0.5, 0.6) is 5.75 Å². The molecule has 1 heterocycles. The molecular weight excluding hydrogens is 422 g/mol. The Morgan fingerprint density at radius 1 is 1.16 bits per heavy atom. The first-order chi connectivity index (χ1) is 14.6. The minimum atomic E-state index is -4.42. The fraction of sp³-hybridized carbons (Fsp3) is 0.333. The van der Waals surface area contributed by atoms with Crippen molar-refractivity contribution in [3.63, 3.8) is 0 Å². The van der Waals surface area contributed by atoms with Crippen LogP contribution in [0, 0.1) is 5.41 Å². The van der Waals surface area contributed by atoms with Crippen LogP contribution in [0.3, 0.4) is 0 Å². The van der Waals surface area contributed by atoms with Crippen LogP contribution in [0.4, 0.5) is 4.79 Å². The molecule has 0 spiro atoms. The van der Waals surface area contributed by atoms with Crippen LogP contribution in [-0.4, -0.2) is 54.5 Å². The van der Waals surface area contributed by atoms with Crippen molar-refractivity contribution >= 4 is 22.0 Å². The summed E-state index contributed by atoms with van der Waals surface area (Å²) in [5.41, 5.74) is 1.34. The van der Waals surface area contributed by atoms with Crippen molar-refractivity contribution in [1.82, 2.24) is 14.7 Å². The van der Waals surface area contributed by atoms with E-state index in [4.69, 9.17) is 4.74 Å². The number of carbonyl (C=O) groups excluding carboxylic acids is 2. The average Bonchev–Trinajstić information content (AvgIpc) is 2.75. The second kappa shape index (κ2) is 8.56. The van der Waals surface area contributed by atoms with Crippen molar-refractivity contribution < 1.29 is 28.0 Å². The lowest BCUT2D eigenvalue weighted by Gasteiger charge is -2.48. The Hall–Kier alpha value is -3.11. The molecule has 0 aliphatic carbocycles. The first-order valence-corrected chi connectivity index (χ1v) is 11.0. The third-order valence-electron chi connectivity index (χ3n) is 5.22. The fourth-order valence-electron chi connectivity index (χ4n) is 3.77. The summed E-state index contributed by atoms with van der Waals surface area (Å²) in [5, 5.41) is 9.27. The van der Waals surface area contributed by atoms with Gasteiger partial charge in [-0.05, 0) is 29.8 Å². The van der Waals surface area contributed by atoms with Gasteiger partial charge in [0.25, 0.3) is 15.9 Å². The molecule has 1 fully saturated rings. The maximum Gasteiger partial charge on any atom is 0.335 e. The highest BCUT2D eigenvalue weighted by molar-refractivity contribution is 7.89. The van der Waals surface area contributed by atoms with Gasteiger partial charge in [0.15, 0.2) is 0 Å². The highest BCUT2D eigenvalue weighted by atomic mass is 32.2. The van der Waals surface area contributed by atoms with Crippen LogP contribution in [0.2, 0.25) is 0 Å². The Morgan fingerprint density at radius 3 is 2.32 bits per heavy atom. The first-order valence-electron chi connectivity index (χ1n) is 9.57. The van der Waals surface area contributed by atoms with E-state index in [1.807, 2.05) is 30.3 Å². The van der Waals surface area contributed by atoms with Crippen LogP contribution in [0.1, 0.15) is 19.4 Å². The van der Waals surface area contributed by atoms with E-state index in [-0.39, 0.29) is 18.0 Å². The summed E-state index contributed by atoms with van der Waals surface area (Å²) in [7, 11) is -2.97. The standard InChI is InChI=1S/C21H25N3O6S/c1-21(2)14-23(13-15-7-5-4-6-8-15)20(26)24(18(21)19(25)22-27)31(28,29)17-11-9-16(30-3)10-12-17/h4-12,18,27H,13-14H2,1-3H3,(H,22,25). The van der Waals surface area contributed by atoms with Crippen LogP contribution >= 0.6 is 0 Å².